The zero-order valence-corrected chi connectivity index (χ0v) is 39.5. The van der Waals surface area contributed by atoms with Gasteiger partial charge in [0.25, 0.3) is 8.32 Å². The number of rotatable bonds is 21. The Balaban J connectivity index is 1.49. The van der Waals surface area contributed by atoms with E-state index in [1.807, 2.05) is 118 Å². The molecule has 64 heavy (non-hydrogen) atoms. The number of carbonyl (C=O) groups is 3. The zero-order valence-electron chi connectivity index (χ0n) is 38.5. The van der Waals surface area contributed by atoms with Gasteiger partial charge in [-0.3, -0.25) is 14.9 Å². The molecule has 334 valence electrons. The van der Waals surface area contributed by atoms with Gasteiger partial charge >= 0.3 is 11.9 Å². The van der Waals surface area contributed by atoms with Crippen LogP contribution in [-0.2, 0) is 33.8 Å². The van der Waals surface area contributed by atoms with Gasteiger partial charge in [-0.15, -0.1) is 0 Å². The topological polar surface area (TPSA) is 90.9 Å². The number of ether oxygens (including phenoxy) is 2. The number of carbonyl (C=O) groups excluding carboxylic acids is 3. The first-order valence-electron chi connectivity index (χ1n) is 22.3. The van der Waals surface area contributed by atoms with Crippen LogP contribution in [0.4, 0.5) is 0 Å². The summed E-state index contributed by atoms with van der Waals surface area (Å²) in [5, 5.41) is 5.87. The van der Waals surface area contributed by atoms with Crippen LogP contribution in [0.5, 0.6) is 0 Å². The maximum absolute atomic E-state index is 14.1. The van der Waals surface area contributed by atoms with E-state index in [9.17, 15) is 14.4 Å². The van der Waals surface area contributed by atoms with E-state index >= 15 is 0 Å². The average molecular weight is 876 g/mol. The molecule has 0 heterocycles. The molecule has 8 heteroatoms. The Kier molecular flexibility index (Phi) is 17.7. The van der Waals surface area contributed by atoms with Crippen LogP contribution in [0.25, 0.3) is 0 Å². The van der Waals surface area contributed by atoms with Crippen LogP contribution < -0.4 is 15.7 Å². The third kappa shape index (κ3) is 13.3. The number of unbranched alkanes of at least 4 members (excludes halogenated alkanes) is 1. The molecule has 0 unspecified atom stereocenters. The summed E-state index contributed by atoms with van der Waals surface area (Å²) in [6.45, 7) is 12.2. The van der Waals surface area contributed by atoms with Gasteiger partial charge in [0.05, 0.1) is 18.8 Å². The van der Waals surface area contributed by atoms with Gasteiger partial charge in [0.15, 0.2) is 5.78 Å². The highest BCUT2D eigenvalue weighted by atomic mass is 28.4. The monoisotopic (exact) mass is 875 g/mol. The Morgan fingerprint density at radius 2 is 1.08 bits per heavy atom. The van der Waals surface area contributed by atoms with E-state index in [-0.39, 0.29) is 23.2 Å². The van der Waals surface area contributed by atoms with Crippen molar-refractivity contribution < 1.29 is 28.3 Å². The summed E-state index contributed by atoms with van der Waals surface area (Å²) >= 11 is 0. The van der Waals surface area contributed by atoms with Crippen molar-refractivity contribution in [2.45, 2.75) is 102 Å². The minimum Gasteiger partial charge on any atom is -0.466 e. The second kappa shape index (κ2) is 23.1. The maximum Gasteiger partial charge on any atom is 0.330 e. The molecule has 0 saturated heterocycles. The molecule has 0 radical (unpaired) electrons. The maximum atomic E-state index is 14.1. The van der Waals surface area contributed by atoms with Crippen LogP contribution in [0.2, 0.25) is 5.04 Å². The summed E-state index contributed by atoms with van der Waals surface area (Å²) in [4.78, 5) is 39.2. The summed E-state index contributed by atoms with van der Waals surface area (Å²) in [6, 6.07) is 51.2. The second-order valence-corrected chi connectivity index (χ2v) is 22.2. The van der Waals surface area contributed by atoms with Crippen molar-refractivity contribution in [2.24, 2.45) is 0 Å². The summed E-state index contributed by atoms with van der Waals surface area (Å²) in [5.41, 5.74) is 1.76. The summed E-state index contributed by atoms with van der Waals surface area (Å²) < 4.78 is 17.9. The van der Waals surface area contributed by atoms with Crippen molar-refractivity contribution in [3.8, 4) is 0 Å². The fourth-order valence-corrected chi connectivity index (χ4v) is 12.8. The van der Waals surface area contributed by atoms with Gasteiger partial charge in [-0.2, -0.15) is 0 Å². The van der Waals surface area contributed by atoms with Crippen molar-refractivity contribution in [3.63, 3.8) is 0 Å². The summed E-state index contributed by atoms with van der Waals surface area (Å²) in [7, 11) is -1.70. The van der Waals surface area contributed by atoms with E-state index in [0.29, 0.717) is 25.7 Å². The minimum atomic E-state index is -3.05. The Hall–Kier alpha value is -5.93. The largest absolute Gasteiger partial charge is 0.466 e. The van der Waals surface area contributed by atoms with E-state index in [1.165, 1.54) is 13.2 Å². The molecular formula is C56H65NO6Si. The Bertz CT molecular complexity index is 2160. The number of ketones is 1. The number of benzene rings is 5. The normalized spacial score (nSPS) is 13.5. The molecule has 0 aliphatic rings. The van der Waals surface area contributed by atoms with Crippen LogP contribution >= 0.6 is 0 Å². The molecule has 0 aliphatic heterocycles. The van der Waals surface area contributed by atoms with Gasteiger partial charge in [0, 0.05) is 25.0 Å². The van der Waals surface area contributed by atoms with E-state index < -0.39 is 37.6 Å². The lowest BCUT2D eigenvalue weighted by Crippen LogP contribution is -2.67. The average Bonchev–Trinajstić information content (AvgIpc) is 3.29. The number of allylic oxidation sites excluding steroid dienone is 2. The fourth-order valence-electron chi connectivity index (χ4n) is 8.17. The minimum absolute atomic E-state index is 0.0858. The van der Waals surface area contributed by atoms with E-state index in [1.54, 1.807) is 12.2 Å². The smallest absolute Gasteiger partial charge is 0.330 e. The molecule has 1 N–H and O–H groups in total. The molecule has 7 nitrogen and oxygen atoms in total. The Morgan fingerprint density at radius 1 is 0.609 bits per heavy atom. The first-order valence-corrected chi connectivity index (χ1v) is 24.2. The third-order valence-electron chi connectivity index (χ3n) is 11.1. The predicted molar refractivity (Wildman–Crippen MR) is 262 cm³/mol. The van der Waals surface area contributed by atoms with Crippen LogP contribution in [0.15, 0.2) is 188 Å². The molecule has 0 amide bonds. The standard InChI is InChI=1S/C56H65NO6Si/c1-54(2,3)62-53(60)37-25-11-20-32-47(57-56(44-26-14-8-15-27-44,45-28-16-9-17-29-45)46-30-18-10-19-31-46)38-39-48(58)40-41-49(42-43-52(59)61-7)63-64(55(4,5)6,50-33-21-12-22-34-50)51-35-23-13-24-36-51/h8-10,12-24,26-36,38-39,42-43,47,49,57H,11,25,37,40-41H2,1-7H3/b32-20-,39-38+,43-42+/t47-,49-/m0/s1. The highest BCUT2D eigenvalue weighted by molar-refractivity contribution is 6.99. The fraction of sp³-hybridized carbons (Fsp3) is 0.304. The molecule has 0 bridgehead atoms. The van der Waals surface area contributed by atoms with E-state index in [4.69, 9.17) is 13.9 Å². The Labute approximate surface area is 382 Å². The quantitative estimate of drug-likeness (QED) is 0.0196. The third-order valence-corrected chi connectivity index (χ3v) is 16.1. The molecule has 5 rings (SSSR count). The van der Waals surface area contributed by atoms with Crippen molar-refractivity contribution >= 4 is 36.4 Å². The lowest BCUT2D eigenvalue weighted by Gasteiger charge is -2.44. The summed E-state index contributed by atoms with van der Waals surface area (Å²) in [6.07, 6.45) is 12.3. The first-order chi connectivity index (χ1) is 30.7. The van der Waals surface area contributed by atoms with Crippen molar-refractivity contribution in [1.29, 1.82) is 0 Å². The van der Waals surface area contributed by atoms with Gasteiger partial charge in [0.1, 0.15) is 5.60 Å². The predicted octanol–water partition coefficient (Wildman–Crippen LogP) is 10.6. The lowest BCUT2D eigenvalue weighted by molar-refractivity contribution is -0.154. The molecule has 0 fully saturated rings. The molecular weight excluding hydrogens is 811 g/mol. The first kappa shape index (κ1) is 49.1. The van der Waals surface area contributed by atoms with Gasteiger partial charge in [-0.05, 0) is 84.3 Å². The lowest BCUT2D eigenvalue weighted by atomic mass is 9.76. The Morgan fingerprint density at radius 3 is 1.52 bits per heavy atom. The van der Waals surface area contributed by atoms with Crippen LogP contribution in [-0.4, -0.2) is 50.9 Å². The molecule has 5 aromatic rings. The van der Waals surface area contributed by atoms with Crippen molar-refractivity contribution in [3.05, 3.63) is 205 Å². The van der Waals surface area contributed by atoms with Crippen LogP contribution in [0.3, 0.4) is 0 Å². The number of methoxy groups -OCH3 is 1. The molecule has 2 atom stereocenters. The van der Waals surface area contributed by atoms with Crippen molar-refractivity contribution in [1.82, 2.24) is 5.32 Å². The van der Waals surface area contributed by atoms with Crippen LogP contribution in [0.1, 0.15) is 90.3 Å². The number of nitrogens with one attached hydrogen (secondary N) is 1. The van der Waals surface area contributed by atoms with Gasteiger partial charge < -0.3 is 13.9 Å². The second-order valence-electron chi connectivity index (χ2n) is 18.0. The summed E-state index contributed by atoms with van der Waals surface area (Å²) in [5.74, 6) is -0.804. The van der Waals surface area contributed by atoms with Crippen LogP contribution in [0, 0.1) is 0 Å². The van der Waals surface area contributed by atoms with Gasteiger partial charge in [0.2, 0.25) is 0 Å². The highest BCUT2D eigenvalue weighted by Gasteiger charge is 2.51. The molecule has 0 saturated carbocycles. The van der Waals surface area contributed by atoms with Crippen molar-refractivity contribution in [2.75, 3.05) is 7.11 Å². The molecule has 0 aliphatic carbocycles. The number of hydrogen-bond donors (Lipinski definition) is 1. The molecule has 0 aromatic heterocycles. The number of esters is 2. The van der Waals surface area contributed by atoms with Gasteiger partial charge in [-0.1, -0.05) is 191 Å². The molecule has 5 aromatic carbocycles. The number of hydrogen-bond acceptors (Lipinski definition) is 7. The van der Waals surface area contributed by atoms with E-state index in [2.05, 4.69) is 98.9 Å². The highest BCUT2D eigenvalue weighted by Crippen LogP contribution is 2.39. The molecule has 0 spiro atoms. The SMILES string of the molecule is COC(=O)/C=C/[C@H](CCC(=O)/C=C/[C@H](/C=C\CCCC(=O)OC(C)(C)C)NC(c1ccccc1)(c1ccccc1)c1ccccc1)O[Si](c1ccccc1)(c1ccccc1)C(C)(C)C. The van der Waals surface area contributed by atoms with E-state index in [0.717, 1.165) is 27.1 Å². The van der Waals surface area contributed by atoms with Gasteiger partial charge in [-0.25, -0.2) is 4.79 Å². The zero-order chi connectivity index (χ0) is 46.1.